The summed E-state index contributed by atoms with van der Waals surface area (Å²) in [6.07, 6.45) is 4.86. The monoisotopic (exact) mass is 469 g/mol. The molecular weight excluding hydrogens is 438 g/mol. The molecule has 1 spiro atoms. The molecule has 2 N–H and O–H groups in total. The standard InChI is InChI=1S/C25H31N3O4S/c26-24(30)33(31,32)22-10-8-21(9-11-22)19-28-18-14-25(23(28)29)12-16-27(17-13-25)15-4-7-20-5-2-1-3-6-20/h1-3,5-6,8-11H,4,7,12-19H2,(H2,26,30). The Hall–Kier alpha value is -2.71. The Balaban J connectivity index is 1.28. The van der Waals surface area contributed by atoms with Gasteiger partial charge in [-0.25, -0.2) is 8.42 Å². The highest BCUT2D eigenvalue weighted by Crippen LogP contribution is 2.42. The van der Waals surface area contributed by atoms with Crippen LogP contribution in [0.3, 0.4) is 0 Å². The van der Waals surface area contributed by atoms with Gasteiger partial charge in [-0.3, -0.25) is 9.59 Å². The number of nitrogens with zero attached hydrogens (tertiary/aromatic N) is 2. The Morgan fingerprint density at radius 2 is 1.55 bits per heavy atom. The molecule has 176 valence electrons. The van der Waals surface area contributed by atoms with Crippen LogP contribution in [-0.2, 0) is 27.6 Å². The quantitative estimate of drug-likeness (QED) is 0.672. The van der Waals surface area contributed by atoms with Crippen molar-refractivity contribution >= 4 is 21.0 Å². The van der Waals surface area contributed by atoms with Gasteiger partial charge in [0.2, 0.25) is 5.91 Å². The average Bonchev–Trinajstić information content (AvgIpc) is 3.11. The lowest BCUT2D eigenvalue weighted by molar-refractivity contribution is -0.138. The Kier molecular flexibility index (Phi) is 6.86. The zero-order valence-corrected chi connectivity index (χ0v) is 19.6. The molecule has 0 radical (unpaired) electrons. The molecule has 2 aliphatic rings. The number of piperidine rings is 1. The molecule has 0 aliphatic carbocycles. The van der Waals surface area contributed by atoms with Crippen molar-refractivity contribution in [2.75, 3.05) is 26.2 Å². The van der Waals surface area contributed by atoms with Crippen molar-refractivity contribution in [1.82, 2.24) is 9.80 Å². The summed E-state index contributed by atoms with van der Waals surface area (Å²) in [7, 11) is -4.13. The molecule has 2 amide bonds. The summed E-state index contributed by atoms with van der Waals surface area (Å²) >= 11 is 0. The molecule has 0 unspecified atom stereocenters. The number of nitrogens with two attached hydrogens (primary N) is 1. The molecule has 2 aromatic carbocycles. The third-order valence-corrected chi connectivity index (χ3v) is 8.49. The number of hydrogen-bond donors (Lipinski definition) is 1. The summed E-state index contributed by atoms with van der Waals surface area (Å²) < 4.78 is 23.7. The minimum absolute atomic E-state index is 0.123. The van der Waals surface area contributed by atoms with Gasteiger partial charge in [-0.2, -0.15) is 0 Å². The Bertz CT molecular complexity index is 1090. The molecule has 33 heavy (non-hydrogen) atoms. The molecule has 0 bridgehead atoms. The summed E-state index contributed by atoms with van der Waals surface area (Å²) in [5.74, 6) is 0.209. The van der Waals surface area contributed by atoms with Gasteiger partial charge in [0.05, 0.1) is 10.3 Å². The van der Waals surface area contributed by atoms with E-state index in [1.807, 2.05) is 11.0 Å². The van der Waals surface area contributed by atoms with E-state index in [2.05, 4.69) is 29.2 Å². The summed E-state index contributed by atoms with van der Waals surface area (Å²) in [6, 6.07) is 16.6. The number of sulfone groups is 1. The molecule has 0 aromatic heterocycles. The van der Waals surface area contributed by atoms with Gasteiger partial charge < -0.3 is 15.5 Å². The number of carbonyl (C=O) groups excluding carboxylic acids is 2. The first kappa shape index (κ1) is 23.4. The first-order valence-electron chi connectivity index (χ1n) is 11.5. The molecule has 7 nitrogen and oxygen atoms in total. The molecule has 2 aliphatic heterocycles. The van der Waals surface area contributed by atoms with Crippen LogP contribution < -0.4 is 5.73 Å². The van der Waals surface area contributed by atoms with E-state index in [4.69, 9.17) is 5.73 Å². The van der Waals surface area contributed by atoms with Crippen LogP contribution in [-0.4, -0.2) is 55.5 Å². The fraction of sp³-hybridized carbons (Fsp3) is 0.440. The van der Waals surface area contributed by atoms with Crippen LogP contribution in [0.1, 0.15) is 36.8 Å². The third-order valence-electron chi connectivity index (χ3n) is 7.07. The van der Waals surface area contributed by atoms with E-state index in [9.17, 15) is 18.0 Å². The first-order valence-corrected chi connectivity index (χ1v) is 13.0. The number of aryl methyl sites for hydroxylation is 1. The molecule has 2 fully saturated rings. The zero-order valence-electron chi connectivity index (χ0n) is 18.8. The fourth-order valence-electron chi connectivity index (χ4n) is 4.97. The van der Waals surface area contributed by atoms with Crippen LogP contribution in [0.5, 0.6) is 0 Å². The minimum atomic E-state index is -4.13. The van der Waals surface area contributed by atoms with Crippen LogP contribution in [0.25, 0.3) is 0 Å². The lowest BCUT2D eigenvalue weighted by atomic mass is 9.77. The first-order chi connectivity index (χ1) is 15.8. The fourth-order valence-corrected chi connectivity index (χ4v) is 5.70. The smallest absolute Gasteiger partial charge is 0.338 e. The minimum Gasteiger partial charge on any atom is -0.356 e. The molecule has 8 heteroatoms. The van der Waals surface area contributed by atoms with Crippen molar-refractivity contribution in [3.8, 4) is 0 Å². The second-order valence-electron chi connectivity index (χ2n) is 9.15. The van der Waals surface area contributed by atoms with E-state index in [0.717, 1.165) is 57.3 Å². The highest BCUT2D eigenvalue weighted by atomic mass is 32.2. The summed E-state index contributed by atoms with van der Waals surface area (Å²) in [5.41, 5.74) is 6.89. The van der Waals surface area contributed by atoms with Gasteiger partial charge in [0.1, 0.15) is 0 Å². The van der Waals surface area contributed by atoms with Crippen LogP contribution in [0.2, 0.25) is 0 Å². The zero-order chi connectivity index (χ0) is 23.5. The van der Waals surface area contributed by atoms with Crippen LogP contribution in [0.15, 0.2) is 59.5 Å². The molecule has 2 saturated heterocycles. The highest BCUT2D eigenvalue weighted by Gasteiger charge is 2.47. The number of rotatable bonds is 7. The Morgan fingerprint density at radius 3 is 2.18 bits per heavy atom. The molecular formula is C25H31N3O4S. The van der Waals surface area contributed by atoms with Crippen molar-refractivity contribution in [2.24, 2.45) is 11.1 Å². The van der Waals surface area contributed by atoms with Crippen molar-refractivity contribution in [3.05, 3.63) is 65.7 Å². The maximum atomic E-state index is 13.3. The Labute approximate surface area is 195 Å². The lowest BCUT2D eigenvalue weighted by Crippen LogP contribution is -2.44. The molecule has 0 atom stereocenters. The maximum absolute atomic E-state index is 13.3. The predicted octanol–water partition coefficient (Wildman–Crippen LogP) is 2.99. The van der Waals surface area contributed by atoms with Gasteiger partial charge in [-0.1, -0.05) is 42.5 Å². The van der Waals surface area contributed by atoms with E-state index < -0.39 is 15.1 Å². The van der Waals surface area contributed by atoms with Crippen molar-refractivity contribution in [1.29, 1.82) is 0 Å². The van der Waals surface area contributed by atoms with E-state index in [1.165, 1.54) is 17.7 Å². The molecule has 2 aromatic rings. The number of carbonyl (C=O) groups is 2. The van der Waals surface area contributed by atoms with E-state index in [0.29, 0.717) is 13.1 Å². The maximum Gasteiger partial charge on any atom is 0.338 e. The second-order valence-corrected chi connectivity index (χ2v) is 11.0. The molecule has 0 saturated carbocycles. The number of hydrogen-bond acceptors (Lipinski definition) is 5. The SMILES string of the molecule is NC(=O)S(=O)(=O)c1ccc(CN2CCC3(CCN(CCCc4ccccc4)CC3)C2=O)cc1. The van der Waals surface area contributed by atoms with Gasteiger partial charge in [0.15, 0.2) is 0 Å². The van der Waals surface area contributed by atoms with E-state index in [1.54, 1.807) is 12.1 Å². The van der Waals surface area contributed by atoms with Gasteiger partial charge in [-0.05, 0) is 75.0 Å². The molecule has 4 rings (SSSR count). The van der Waals surface area contributed by atoms with E-state index in [-0.39, 0.29) is 16.2 Å². The number of likely N-dealkylation sites (tertiary alicyclic amines) is 2. The van der Waals surface area contributed by atoms with Gasteiger partial charge in [0, 0.05) is 13.1 Å². The average molecular weight is 470 g/mol. The number of benzene rings is 2. The van der Waals surface area contributed by atoms with Crippen LogP contribution in [0.4, 0.5) is 4.79 Å². The predicted molar refractivity (Wildman–Crippen MR) is 126 cm³/mol. The third kappa shape index (κ3) is 5.12. The normalized spacial score (nSPS) is 18.7. The number of primary amides is 1. The van der Waals surface area contributed by atoms with Crippen molar-refractivity contribution in [3.63, 3.8) is 0 Å². The molecule has 2 heterocycles. The van der Waals surface area contributed by atoms with Crippen molar-refractivity contribution in [2.45, 2.75) is 43.5 Å². The topological polar surface area (TPSA) is 101 Å². The van der Waals surface area contributed by atoms with Crippen LogP contribution >= 0.6 is 0 Å². The van der Waals surface area contributed by atoms with Gasteiger partial charge >= 0.3 is 5.24 Å². The van der Waals surface area contributed by atoms with Gasteiger partial charge in [0.25, 0.3) is 9.84 Å². The summed E-state index contributed by atoms with van der Waals surface area (Å²) in [4.78, 5) is 28.6. The van der Waals surface area contributed by atoms with Crippen LogP contribution in [0, 0.1) is 5.41 Å². The number of amides is 2. The second kappa shape index (κ2) is 9.65. The van der Waals surface area contributed by atoms with Gasteiger partial charge in [-0.15, -0.1) is 0 Å². The highest BCUT2D eigenvalue weighted by molar-refractivity contribution is 8.06. The summed E-state index contributed by atoms with van der Waals surface area (Å²) in [6.45, 7) is 4.12. The summed E-state index contributed by atoms with van der Waals surface area (Å²) in [5, 5.41) is -1.36. The van der Waals surface area contributed by atoms with E-state index >= 15 is 0 Å². The van der Waals surface area contributed by atoms with Crippen molar-refractivity contribution < 1.29 is 18.0 Å². The Morgan fingerprint density at radius 1 is 0.909 bits per heavy atom. The lowest BCUT2D eigenvalue weighted by Gasteiger charge is -2.38. The largest absolute Gasteiger partial charge is 0.356 e.